The van der Waals surface area contributed by atoms with Crippen LogP contribution < -0.4 is 4.90 Å². The molecule has 3 aromatic heterocycles. The number of benzene rings is 9. The number of fused-ring (bicyclic) bond motifs is 12. The second-order valence-corrected chi connectivity index (χ2v) is 15.7. The fourth-order valence-corrected chi connectivity index (χ4v) is 9.87. The van der Waals surface area contributed by atoms with E-state index in [1.54, 1.807) is 0 Å². The molecule has 1 aliphatic rings. The number of nitrogens with zero attached hydrogens (tertiary/aromatic N) is 2. The average Bonchev–Trinajstić information content (AvgIpc) is 4.04. The molecule has 0 aliphatic heterocycles. The summed E-state index contributed by atoms with van der Waals surface area (Å²) in [5.74, 6) is 0. The van der Waals surface area contributed by atoms with Gasteiger partial charge in [0.1, 0.15) is 11.2 Å². The van der Waals surface area contributed by atoms with Gasteiger partial charge in [-0.25, -0.2) is 0 Å². The molecule has 0 N–H and O–H groups in total. The van der Waals surface area contributed by atoms with Crippen LogP contribution in [0.3, 0.4) is 0 Å². The van der Waals surface area contributed by atoms with E-state index in [0.717, 1.165) is 56.5 Å². The number of anilines is 3. The van der Waals surface area contributed by atoms with E-state index in [1.165, 1.54) is 71.5 Å². The highest BCUT2D eigenvalue weighted by Gasteiger charge is 2.24. The second kappa shape index (κ2) is 11.9. The average molecular weight is 739 g/mol. The lowest BCUT2D eigenvalue weighted by atomic mass is 9.98. The predicted molar refractivity (Wildman–Crippen MR) is 242 cm³/mol. The molecule has 58 heavy (non-hydrogen) atoms. The zero-order valence-corrected chi connectivity index (χ0v) is 31.5. The maximum Gasteiger partial charge on any atom is 0.136 e. The molecule has 12 aromatic rings. The Hall–Kier alpha value is -7.62. The van der Waals surface area contributed by atoms with Crippen molar-refractivity contribution < 1.29 is 4.42 Å². The third kappa shape index (κ3) is 4.50. The van der Waals surface area contributed by atoms with Gasteiger partial charge >= 0.3 is 0 Å². The van der Waals surface area contributed by atoms with Crippen molar-refractivity contribution in [3.63, 3.8) is 0 Å². The minimum absolute atomic E-state index is 0.904. The molecular formula is C55H34N2O. The van der Waals surface area contributed by atoms with Gasteiger partial charge in [0.25, 0.3) is 0 Å². The molecule has 0 unspecified atom stereocenters. The van der Waals surface area contributed by atoms with Crippen LogP contribution in [0.4, 0.5) is 17.1 Å². The quantitative estimate of drug-likeness (QED) is 0.175. The molecule has 0 atom stereocenters. The molecule has 0 bridgehead atoms. The van der Waals surface area contributed by atoms with Gasteiger partial charge in [-0.15, -0.1) is 0 Å². The number of aromatic nitrogens is 1. The third-order valence-electron chi connectivity index (χ3n) is 12.6. The maximum atomic E-state index is 6.28. The van der Waals surface area contributed by atoms with Crippen LogP contribution in [0.25, 0.3) is 93.4 Å². The molecule has 3 nitrogen and oxygen atoms in total. The fraction of sp³-hybridized carbons (Fsp3) is 0.0182. The van der Waals surface area contributed by atoms with Crippen molar-refractivity contribution in [3.05, 3.63) is 205 Å². The smallest absolute Gasteiger partial charge is 0.136 e. The molecule has 9 aromatic carbocycles. The first-order valence-electron chi connectivity index (χ1n) is 20.0. The van der Waals surface area contributed by atoms with Crippen LogP contribution in [-0.4, -0.2) is 4.40 Å². The number of para-hydroxylation sites is 4. The van der Waals surface area contributed by atoms with Gasteiger partial charge in [0.15, 0.2) is 0 Å². The maximum absolute atomic E-state index is 6.28. The first kappa shape index (κ1) is 31.6. The van der Waals surface area contributed by atoms with Crippen LogP contribution in [-0.2, 0) is 6.42 Å². The van der Waals surface area contributed by atoms with Gasteiger partial charge in [-0.2, -0.15) is 0 Å². The Labute approximate surface area is 334 Å². The molecule has 0 amide bonds. The lowest BCUT2D eigenvalue weighted by molar-refractivity contribution is 0.669. The minimum Gasteiger partial charge on any atom is -0.456 e. The molecule has 1 aliphatic carbocycles. The first-order valence-corrected chi connectivity index (χ1v) is 20.0. The van der Waals surface area contributed by atoms with Crippen molar-refractivity contribution in [2.24, 2.45) is 0 Å². The second-order valence-electron chi connectivity index (χ2n) is 15.7. The number of furan rings is 1. The topological polar surface area (TPSA) is 20.8 Å². The summed E-state index contributed by atoms with van der Waals surface area (Å²) in [6.45, 7) is 0. The van der Waals surface area contributed by atoms with E-state index in [2.05, 4.69) is 191 Å². The summed E-state index contributed by atoms with van der Waals surface area (Å²) in [4.78, 5) is 2.43. The highest BCUT2D eigenvalue weighted by atomic mass is 16.3. The Bertz CT molecular complexity index is 3590. The van der Waals surface area contributed by atoms with Gasteiger partial charge in [-0.3, -0.25) is 0 Å². The van der Waals surface area contributed by atoms with Crippen LogP contribution in [0.1, 0.15) is 11.1 Å². The Balaban J connectivity index is 0.977. The minimum atomic E-state index is 0.904. The van der Waals surface area contributed by atoms with Gasteiger partial charge in [-0.1, -0.05) is 133 Å². The Morgan fingerprint density at radius 3 is 1.76 bits per heavy atom. The van der Waals surface area contributed by atoms with Crippen molar-refractivity contribution in [2.75, 3.05) is 4.90 Å². The zero-order chi connectivity index (χ0) is 37.9. The molecule has 0 spiro atoms. The van der Waals surface area contributed by atoms with Gasteiger partial charge in [0.2, 0.25) is 0 Å². The molecule has 0 radical (unpaired) electrons. The summed E-state index contributed by atoms with van der Waals surface area (Å²) in [6, 6.07) is 71.0. The number of hydrogen-bond donors (Lipinski definition) is 0. The van der Waals surface area contributed by atoms with E-state index in [1.807, 2.05) is 12.1 Å². The van der Waals surface area contributed by atoms with Crippen molar-refractivity contribution in [2.45, 2.75) is 6.42 Å². The van der Waals surface area contributed by atoms with Gasteiger partial charge < -0.3 is 13.7 Å². The van der Waals surface area contributed by atoms with Crippen LogP contribution in [0.2, 0.25) is 0 Å². The summed E-state index contributed by atoms with van der Waals surface area (Å²) >= 11 is 0. The number of rotatable bonds is 5. The normalized spacial score (nSPS) is 12.4. The zero-order valence-electron chi connectivity index (χ0n) is 31.5. The molecule has 270 valence electrons. The molecule has 3 heteroatoms. The molecule has 13 rings (SSSR count). The Morgan fingerprint density at radius 1 is 0.379 bits per heavy atom. The largest absolute Gasteiger partial charge is 0.456 e. The lowest BCUT2D eigenvalue weighted by Crippen LogP contribution is -2.11. The van der Waals surface area contributed by atoms with E-state index in [0.29, 0.717) is 0 Å². The van der Waals surface area contributed by atoms with Crippen molar-refractivity contribution in [1.82, 2.24) is 4.40 Å². The van der Waals surface area contributed by atoms with E-state index < -0.39 is 0 Å². The summed E-state index contributed by atoms with van der Waals surface area (Å²) in [5, 5.41) is 7.37. The lowest BCUT2D eigenvalue weighted by Gasteiger charge is -2.27. The number of hydrogen-bond acceptors (Lipinski definition) is 2. The highest BCUT2D eigenvalue weighted by molar-refractivity contribution is 6.25. The first-order chi connectivity index (χ1) is 28.7. The van der Waals surface area contributed by atoms with Gasteiger partial charge in [0.05, 0.1) is 22.2 Å². The van der Waals surface area contributed by atoms with Crippen LogP contribution in [0.5, 0.6) is 0 Å². The highest BCUT2D eigenvalue weighted by Crippen LogP contribution is 2.46. The summed E-state index contributed by atoms with van der Waals surface area (Å²) in [7, 11) is 0. The monoisotopic (exact) mass is 738 g/mol. The molecule has 0 saturated carbocycles. The van der Waals surface area contributed by atoms with Crippen molar-refractivity contribution in [3.8, 4) is 33.4 Å². The van der Waals surface area contributed by atoms with Crippen LogP contribution in [0.15, 0.2) is 199 Å². The van der Waals surface area contributed by atoms with Crippen molar-refractivity contribution in [1.29, 1.82) is 0 Å². The van der Waals surface area contributed by atoms with Crippen LogP contribution >= 0.6 is 0 Å². The van der Waals surface area contributed by atoms with Crippen molar-refractivity contribution >= 4 is 77.1 Å². The summed E-state index contributed by atoms with van der Waals surface area (Å²) in [6.07, 6.45) is 1.00. The third-order valence-corrected chi connectivity index (χ3v) is 12.6. The molecule has 3 heterocycles. The standard InChI is InChI=1S/C55H34N2O/c1-2-10-42-38(9-1)31-39-20-19-36(32-49(39)42)34-21-26-40(27-22-34)56(41-28-23-35(24-29-41)37-25-30-45-44-12-4-6-18-52(44)58-53(45)33-37)51-17-8-15-48-47-14-7-13-46-43-11-3-5-16-50(43)57(54(46)47)55(48)51/h1-30,32-33H,31H2. The SMILES string of the molecule is c1ccc2c(c1)Cc1ccc(-c3ccc(N(c4ccc(-c5ccc6c(c5)oc5ccccc56)cc4)c4cccc5c6cccc7c8ccccc8n(c45)c76)cc3)cc1-2. The Morgan fingerprint density at radius 2 is 0.948 bits per heavy atom. The molecular weight excluding hydrogens is 705 g/mol. The van der Waals surface area contributed by atoms with E-state index in [9.17, 15) is 0 Å². The molecule has 0 fully saturated rings. The van der Waals surface area contributed by atoms with E-state index >= 15 is 0 Å². The summed E-state index contributed by atoms with van der Waals surface area (Å²) in [5.41, 5.74) is 19.1. The fourth-order valence-electron chi connectivity index (χ4n) is 9.87. The van der Waals surface area contributed by atoms with Gasteiger partial charge in [-0.05, 0) is 112 Å². The van der Waals surface area contributed by atoms with E-state index in [4.69, 9.17) is 4.42 Å². The van der Waals surface area contributed by atoms with Crippen LogP contribution in [0, 0.1) is 0 Å². The predicted octanol–water partition coefficient (Wildman–Crippen LogP) is 15.1. The molecule has 0 saturated heterocycles. The van der Waals surface area contributed by atoms with E-state index in [-0.39, 0.29) is 0 Å². The van der Waals surface area contributed by atoms with Gasteiger partial charge in [0, 0.05) is 43.7 Å². The Kier molecular flexibility index (Phi) is 6.50. The summed E-state index contributed by atoms with van der Waals surface area (Å²) < 4.78 is 8.77.